The zero-order valence-electron chi connectivity index (χ0n) is 17.1. The minimum absolute atomic E-state index is 0.126. The van der Waals surface area contributed by atoms with Gasteiger partial charge < -0.3 is 5.73 Å². The van der Waals surface area contributed by atoms with Gasteiger partial charge in [0.05, 0.1) is 22.5 Å². The fourth-order valence-electron chi connectivity index (χ4n) is 3.43. The molecule has 2 heterocycles. The second kappa shape index (κ2) is 8.43. The van der Waals surface area contributed by atoms with Crippen molar-refractivity contribution in [3.8, 4) is 0 Å². The van der Waals surface area contributed by atoms with Crippen molar-refractivity contribution < 1.29 is 26.3 Å². The van der Waals surface area contributed by atoms with E-state index >= 15 is 0 Å². The van der Waals surface area contributed by atoms with E-state index in [1.54, 1.807) is 0 Å². The van der Waals surface area contributed by atoms with Crippen LogP contribution in [0.3, 0.4) is 0 Å². The molecule has 4 rings (SSSR count). The van der Waals surface area contributed by atoms with Gasteiger partial charge >= 0.3 is 12.4 Å². The number of H-pyrrole nitrogens is 1. The van der Waals surface area contributed by atoms with Crippen LogP contribution in [-0.2, 0) is 25.2 Å². The Kier molecular flexibility index (Phi) is 5.75. The van der Waals surface area contributed by atoms with Gasteiger partial charge in [-0.15, -0.1) is 0 Å². The second-order valence-corrected chi connectivity index (χ2v) is 7.49. The quantitative estimate of drug-likeness (QED) is 0.420. The van der Waals surface area contributed by atoms with Crippen molar-refractivity contribution in [1.29, 1.82) is 0 Å². The Morgan fingerprint density at radius 2 is 1.26 bits per heavy atom. The van der Waals surface area contributed by atoms with E-state index in [1.807, 2.05) is 0 Å². The predicted octanol–water partition coefficient (Wildman–Crippen LogP) is 4.51. The van der Waals surface area contributed by atoms with E-state index < -0.39 is 29.0 Å². The van der Waals surface area contributed by atoms with Crippen molar-refractivity contribution in [2.45, 2.75) is 25.2 Å². The Morgan fingerprint density at radius 3 is 1.76 bits per heavy atom. The van der Waals surface area contributed by atoms with E-state index in [0.717, 1.165) is 24.3 Å². The lowest BCUT2D eigenvalue weighted by Gasteiger charge is -2.13. The van der Waals surface area contributed by atoms with E-state index in [4.69, 9.17) is 5.73 Å². The van der Waals surface area contributed by atoms with E-state index in [2.05, 4.69) is 19.9 Å². The fourth-order valence-corrected chi connectivity index (χ4v) is 3.43. The third-order valence-corrected chi connectivity index (χ3v) is 4.97. The van der Waals surface area contributed by atoms with Gasteiger partial charge in [0.25, 0.3) is 5.56 Å². The highest BCUT2D eigenvalue weighted by atomic mass is 19.4. The van der Waals surface area contributed by atoms with Crippen LogP contribution in [0.4, 0.5) is 32.3 Å². The Labute approximate surface area is 187 Å². The highest BCUT2D eigenvalue weighted by Crippen LogP contribution is 2.31. The number of aromatic nitrogens is 4. The number of nitrogens with one attached hydrogen (secondary N) is 1. The lowest BCUT2D eigenvalue weighted by Crippen LogP contribution is -2.16. The Balaban J connectivity index is 1.82. The molecule has 0 aliphatic rings. The molecule has 0 atom stereocenters. The van der Waals surface area contributed by atoms with Crippen LogP contribution in [-0.4, -0.2) is 19.9 Å². The summed E-state index contributed by atoms with van der Waals surface area (Å²) in [5.74, 6) is -0.234. The van der Waals surface area contributed by atoms with Gasteiger partial charge in [0.2, 0.25) is 5.95 Å². The number of hydrogen-bond donors (Lipinski definition) is 2. The maximum Gasteiger partial charge on any atom is 0.416 e. The molecule has 4 aromatic rings. The highest BCUT2D eigenvalue weighted by molar-refractivity contribution is 5.70. The minimum atomic E-state index is -4.56. The summed E-state index contributed by atoms with van der Waals surface area (Å²) in [5, 5.41) is 0. The molecule has 6 nitrogen and oxygen atoms in total. The lowest BCUT2D eigenvalue weighted by molar-refractivity contribution is -0.138. The van der Waals surface area contributed by atoms with Crippen LogP contribution in [0.5, 0.6) is 0 Å². The summed E-state index contributed by atoms with van der Waals surface area (Å²) in [5.41, 5.74) is 3.54. The molecule has 0 saturated heterocycles. The van der Waals surface area contributed by atoms with Crippen molar-refractivity contribution in [2.24, 2.45) is 0 Å². The molecule has 2 aromatic heterocycles. The summed E-state index contributed by atoms with van der Waals surface area (Å²) < 4.78 is 78.7. The largest absolute Gasteiger partial charge is 0.416 e. The molecule has 34 heavy (non-hydrogen) atoms. The molecule has 0 bridgehead atoms. The Morgan fingerprint density at radius 1 is 0.765 bits per heavy atom. The van der Waals surface area contributed by atoms with Gasteiger partial charge in [0, 0.05) is 12.8 Å². The molecule has 0 saturated carbocycles. The van der Waals surface area contributed by atoms with Crippen LogP contribution in [0, 0.1) is 0 Å². The molecule has 0 unspecified atom stereocenters. The van der Waals surface area contributed by atoms with Gasteiger partial charge in [-0.3, -0.25) is 9.78 Å². The van der Waals surface area contributed by atoms with Crippen molar-refractivity contribution in [3.05, 3.63) is 92.5 Å². The van der Waals surface area contributed by atoms with Crippen LogP contribution in [0.15, 0.2) is 53.3 Å². The molecule has 3 N–H and O–H groups in total. The average Bonchev–Trinajstić information content (AvgIpc) is 2.74. The summed E-state index contributed by atoms with van der Waals surface area (Å²) in [6, 6.07) is 9.08. The first-order valence-electron chi connectivity index (χ1n) is 9.78. The lowest BCUT2D eigenvalue weighted by atomic mass is 10.0. The average molecular weight is 479 g/mol. The number of fused-ring (bicyclic) bond motifs is 1. The van der Waals surface area contributed by atoms with Gasteiger partial charge in [0.15, 0.2) is 11.2 Å². The zero-order chi connectivity index (χ0) is 24.7. The molecular formula is C22H15F6N5O. The number of nitrogens with two attached hydrogens (primary N) is 1. The molecule has 0 aliphatic heterocycles. The van der Waals surface area contributed by atoms with E-state index in [1.165, 1.54) is 24.3 Å². The first-order chi connectivity index (χ1) is 15.9. The smallest absolute Gasteiger partial charge is 0.369 e. The van der Waals surface area contributed by atoms with Gasteiger partial charge in [-0.2, -0.15) is 31.3 Å². The molecule has 12 heteroatoms. The maximum absolute atomic E-state index is 13.1. The maximum atomic E-state index is 13.1. The first-order valence-corrected chi connectivity index (χ1v) is 9.78. The van der Waals surface area contributed by atoms with Crippen LogP contribution < -0.4 is 11.3 Å². The molecule has 0 radical (unpaired) electrons. The predicted molar refractivity (Wildman–Crippen MR) is 111 cm³/mol. The monoisotopic (exact) mass is 479 g/mol. The first kappa shape index (κ1) is 23.2. The van der Waals surface area contributed by atoms with Crippen LogP contribution >= 0.6 is 0 Å². The second-order valence-electron chi connectivity index (χ2n) is 7.49. The van der Waals surface area contributed by atoms with Crippen molar-refractivity contribution in [3.63, 3.8) is 0 Å². The summed E-state index contributed by atoms with van der Waals surface area (Å²) in [4.78, 5) is 27.0. The number of nitrogens with zero attached hydrogens (tertiary/aromatic N) is 3. The number of rotatable bonds is 4. The fraction of sp³-hybridized carbons (Fsp3) is 0.182. The number of halogens is 6. The summed E-state index contributed by atoms with van der Waals surface area (Å²) in [7, 11) is 0. The van der Waals surface area contributed by atoms with E-state index in [0.29, 0.717) is 0 Å². The summed E-state index contributed by atoms with van der Waals surface area (Å²) >= 11 is 0. The molecular weight excluding hydrogens is 464 g/mol. The van der Waals surface area contributed by atoms with Gasteiger partial charge in [-0.1, -0.05) is 36.4 Å². The van der Waals surface area contributed by atoms with E-state index in [9.17, 15) is 31.1 Å². The summed E-state index contributed by atoms with van der Waals surface area (Å²) in [6.45, 7) is 0. The summed E-state index contributed by atoms with van der Waals surface area (Å²) in [6.07, 6.45) is -9.40. The van der Waals surface area contributed by atoms with Crippen molar-refractivity contribution >= 4 is 17.1 Å². The standard InChI is InChI=1S/C22H15F6N5O/c23-21(24,25)13-5-1-3-11(7-13)9-15-16(10-12-4-2-6-14(8-12)22(26,27)28)31-18-17(30-15)19(34)33-20(29)32-18/h1-8H,9-10H2,(H3,29,31,32,33,34). The number of alkyl halides is 6. The van der Waals surface area contributed by atoms with Crippen LogP contribution in [0.1, 0.15) is 33.6 Å². The third kappa shape index (κ3) is 5.00. The molecule has 0 amide bonds. The molecule has 0 spiro atoms. The molecule has 0 aliphatic carbocycles. The normalized spacial score (nSPS) is 12.3. The van der Waals surface area contributed by atoms with Gasteiger partial charge in [-0.25, -0.2) is 9.97 Å². The van der Waals surface area contributed by atoms with Gasteiger partial charge in [-0.05, 0) is 23.3 Å². The van der Waals surface area contributed by atoms with Crippen molar-refractivity contribution in [1.82, 2.24) is 19.9 Å². The topological polar surface area (TPSA) is 97.5 Å². The number of aromatic amines is 1. The van der Waals surface area contributed by atoms with Crippen molar-refractivity contribution in [2.75, 3.05) is 5.73 Å². The molecule has 176 valence electrons. The molecule has 2 aromatic carbocycles. The van der Waals surface area contributed by atoms with Gasteiger partial charge in [0.1, 0.15) is 0 Å². The minimum Gasteiger partial charge on any atom is -0.369 e. The molecule has 0 fully saturated rings. The third-order valence-electron chi connectivity index (χ3n) is 4.97. The van der Waals surface area contributed by atoms with Crippen LogP contribution in [0.25, 0.3) is 11.2 Å². The Bertz CT molecular complexity index is 1430. The van der Waals surface area contributed by atoms with E-state index in [-0.39, 0.29) is 52.5 Å². The number of nitrogen functional groups attached to an aromatic ring is 1. The number of benzene rings is 2. The SMILES string of the molecule is Nc1nc2nc(Cc3cccc(C(F)(F)F)c3)c(Cc3cccc(C(F)(F)F)c3)nc2c(=O)[nH]1. The Hall–Kier alpha value is -3.96. The number of anilines is 1. The van der Waals surface area contributed by atoms with Crippen LogP contribution in [0.2, 0.25) is 0 Å². The highest BCUT2D eigenvalue weighted by Gasteiger charge is 2.31. The zero-order valence-corrected chi connectivity index (χ0v) is 17.1. The number of hydrogen-bond acceptors (Lipinski definition) is 5.